The minimum absolute atomic E-state index is 0.161. The van der Waals surface area contributed by atoms with E-state index in [1.807, 2.05) is 24.3 Å². The SMILES string of the molecule is CCCCCCCCCCCCCCCCCCOc1ccc(OCCCc2ccccc2)c(C(=O)O)c1. The lowest BCUT2D eigenvalue weighted by molar-refractivity contribution is 0.0691. The Bertz CT molecular complexity index is 849. The first-order valence-corrected chi connectivity index (χ1v) is 15.4. The highest BCUT2D eigenvalue weighted by Gasteiger charge is 2.13. The zero-order valence-electron chi connectivity index (χ0n) is 23.9. The highest BCUT2D eigenvalue weighted by atomic mass is 16.5. The van der Waals surface area contributed by atoms with Crippen LogP contribution >= 0.6 is 0 Å². The quantitative estimate of drug-likeness (QED) is 0.139. The van der Waals surface area contributed by atoms with Crippen molar-refractivity contribution in [2.45, 2.75) is 122 Å². The van der Waals surface area contributed by atoms with Gasteiger partial charge in [0.05, 0.1) is 13.2 Å². The van der Waals surface area contributed by atoms with E-state index in [-0.39, 0.29) is 5.56 Å². The number of carbonyl (C=O) groups is 1. The summed E-state index contributed by atoms with van der Waals surface area (Å²) in [7, 11) is 0. The molecule has 0 aliphatic rings. The van der Waals surface area contributed by atoms with Gasteiger partial charge in [0.1, 0.15) is 17.1 Å². The lowest BCUT2D eigenvalue weighted by atomic mass is 10.0. The number of ether oxygens (including phenoxy) is 2. The van der Waals surface area contributed by atoms with Crippen LogP contribution in [0.2, 0.25) is 0 Å². The van der Waals surface area contributed by atoms with E-state index >= 15 is 0 Å². The third kappa shape index (κ3) is 15.1. The van der Waals surface area contributed by atoms with Crippen molar-refractivity contribution in [3.8, 4) is 11.5 Å². The van der Waals surface area contributed by atoms with Crippen molar-refractivity contribution in [1.82, 2.24) is 0 Å². The average molecular weight is 525 g/mol. The van der Waals surface area contributed by atoms with Crippen LogP contribution in [0.25, 0.3) is 0 Å². The molecule has 0 radical (unpaired) electrons. The number of aromatic carboxylic acids is 1. The van der Waals surface area contributed by atoms with Gasteiger partial charge in [0.25, 0.3) is 0 Å². The van der Waals surface area contributed by atoms with Crippen LogP contribution in [0.1, 0.15) is 132 Å². The van der Waals surface area contributed by atoms with E-state index in [4.69, 9.17) is 9.47 Å². The Balaban J connectivity index is 1.47. The van der Waals surface area contributed by atoms with Crippen LogP contribution in [0.5, 0.6) is 11.5 Å². The molecule has 2 aromatic carbocycles. The molecule has 0 spiro atoms. The molecule has 2 aromatic rings. The van der Waals surface area contributed by atoms with Crippen molar-refractivity contribution in [3.63, 3.8) is 0 Å². The number of carboxylic acid groups (broad SMARTS) is 1. The van der Waals surface area contributed by atoms with Crippen LogP contribution in [-0.4, -0.2) is 24.3 Å². The summed E-state index contributed by atoms with van der Waals surface area (Å²) in [4.78, 5) is 11.7. The smallest absolute Gasteiger partial charge is 0.339 e. The molecule has 0 saturated carbocycles. The van der Waals surface area contributed by atoms with Crippen LogP contribution in [0.15, 0.2) is 48.5 Å². The van der Waals surface area contributed by atoms with Gasteiger partial charge in [-0.3, -0.25) is 0 Å². The second-order valence-electron chi connectivity index (χ2n) is 10.6. The van der Waals surface area contributed by atoms with Crippen molar-refractivity contribution in [2.75, 3.05) is 13.2 Å². The molecule has 0 heterocycles. The Hall–Kier alpha value is -2.49. The molecule has 38 heavy (non-hydrogen) atoms. The number of rotatable bonds is 24. The van der Waals surface area contributed by atoms with E-state index in [1.54, 1.807) is 12.1 Å². The lowest BCUT2D eigenvalue weighted by Crippen LogP contribution is -2.06. The Morgan fingerprint density at radius 2 is 1.16 bits per heavy atom. The molecule has 0 atom stereocenters. The molecule has 0 fully saturated rings. The predicted octanol–water partition coefficient (Wildman–Crippen LogP) is 10.0. The normalized spacial score (nSPS) is 11.0. The second kappa shape index (κ2) is 21.4. The number of aryl methyl sites for hydroxylation is 1. The maximum atomic E-state index is 11.7. The first-order valence-electron chi connectivity index (χ1n) is 15.4. The van der Waals surface area contributed by atoms with Crippen molar-refractivity contribution < 1.29 is 19.4 Å². The van der Waals surface area contributed by atoms with Gasteiger partial charge in [0, 0.05) is 0 Å². The first kappa shape index (κ1) is 31.7. The van der Waals surface area contributed by atoms with Crippen molar-refractivity contribution >= 4 is 5.97 Å². The molecular weight excluding hydrogens is 472 g/mol. The summed E-state index contributed by atoms with van der Waals surface area (Å²) in [5.74, 6) is 0.0104. The Morgan fingerprint density at radius 1 is 0.632 bits per heavy atom. The van der Waals surface area contributed by atoms with Gasteiger partial charge >= 0.3 is 5.97 Å². The zero-order valence-corrected chi connectivity index (χ0v) is 23.9. The van der Waals surface area contributed by atoms with Crippen molar-refractivity contribution in [1.29, 1.82) is 0 Å². The predicted molar refractivity (Wildman–Crippen MR) is 159 cm³/mol. The van der Waals surface area contributed by atoms with Gasteiger partial charge in [-0.05, 0) is 43.0 Å². The van der Waals surface area contributed by atoms with Crippen LogP contribution in [-0.2, 0) is 6.42 Å². The standard InChI is InChI=1S/C34H52O4/c1-2-3-4-5-6-7-8-9-10-11-12-13-14-15-16-20-27-37-31-25-26-33(32(29-31)34(35)36)38-28-21-24-30-22-18-17-19-23-30/h17-19,22-23,25-26,29H,2-16,20-21,24,27-28H2,1H3,(H,35,36). The molecule has 0 aliphatic heterocycles. The lowest BCUT2D eigenvalue weighted by Gasteiger charge is -2.12. The fourth-order valence-electron chi connectivity index (χ4n) is 4.84. The molecule has 0 unspecified atom stereocenters. The van der Waals surface area contributed by atoms with Crippen LogP contribution < -0.4 is 9.47 Å². The largest absolute Gasteiger partial charge is 0.494 e. The first-order chi connectivity index (χ1) is 18.7. The van der Waals surface area contributed by atoms with Crippen molar-refractivity contribution in [2.24, 2.45) is 0 Å². The van der Waals surface area contributed by atoms with Crippen LogP contribution in [0.3, 0.4) is 0 Å². The Morgan fingerprint density at radius 3 is 1.71 bits per heavy atom. The molecule has 0 aliphatic carbocycles. The van der Waals surface area contributed by atoms with Crippen molar-refractivity contribution in [3.05, 3.63) is 59.7 Å². The Kier molecular flexibility index (Phi) is 17.9. The van der Waals surface area contributed by atoms with Gasteiger partial charge in [0.2, 0.25) is 0 Å². The number of hydrogen-bond donors (Lipinski definition) is 1. The summed E-state index contributed by atoms with van der Waals surface area (Å²) in [5, 5.41) is 9.61. The molecule has 0 amide bonds. The minimum atomic E-state index is -0.990. The summed E-state index contributed by atoms with van der Waals surface area (Å²) in [5.41, 5.74) is 1.42. The monoisotopic (exact) mass is 524 g/mol. The number of carboxylic acids is 1. The zero-order chi connectivity index (χ0) is 27.1. The molecule has 0 aromatic heterocycles. The van der Waals surface area contributed by atoms with E-state index in [0.29, 0.717) is 24.7 Å². The summed E-state index contributed by atoms with van der Waals surface area (Å²) in [6.07, 6.45) is 23.2. The highest BCUT2D eigenvalue weighted by molar-refractivity contribution is 5.91. The van der Waals surface area contributed by atoms with Crippen LogP contribution in [0.4, 0.5) is 0 Å². The Labute approximate surface area is 232 Å². The minimum Gasteiger partial charge on any atom is -0.494 e. The number of unbranched alkanes of at least 4 members (excludes halogenated alkanes) is 15. The number of hydrogen-bond acceptors (Lipinski definition) is 3. The second-order valence-corrected chi connectivity index (χ2v) is 10.6. The van der Waals surface area contributed by atoms with Gasteiger partial charge in [-0.15, -0.1) is 0 Å². The molecule has 0 bridgehead atoms. The molecule has 1 N–H and O–H groups in total. The average Bonchev–Trinajstić information content (AvgIpc) is 2.93. The fraction of sp³-hybridized carbons (Fsp3) is 0.618. The summed E-state index contributed by atoms with van der Waals surface area (Å²) in [6, 6.07) is 15.3. The van der Waals surface area contributed by atoms with E-state index < -0.39 is 5.97 Å². The van der Waals surface area contributed by atoms with E-state index in [2.05, 4.69) is 19.1 Å². The molecule has 212 valence electrons. The topological polar surface area (TPSA) is 55.8 Å². The summed E-state index contributed by atoms with van der Waals surface area (Å²) in [6.45, 7) is 3.38. The molecule has 4 heteroatoms. The maximum Gasteiger partial charge on any atom is 0.339 e. The molecular formula is C34H52O4. The van der Waals surface area contributed by atoms with Crippen LogP contribution in [0, 0.1) is 0 Å². The van der Waals surface area contributed by atoms with E-state index in [1.165, 1.54) is 95.5 Å². The van der Waals surface area contributed by atoms with Gasteiger partial charge in [-0.2, -0.15) is 0 Å². The van der Waals surface area contributed by atoms with Gasteiger partial charge in [-0.1, -0.05) is 134 Å². The maximum absolute atomic E-state index is 11.7. The molecule has 0 saturated heterocycles. The molecule has 4 nitrogen and oxygen atoms in total. The van der Waals surface area contributed by atoms with Gasteiger partial charge in [-0.25, -0.2) is 4.79 Å². The fourth-order valence-corrected chi connectivity index (χ4v) is 4.84. The highest BCUT2D eigenvalue weighted by Crippen LogP contribution is 2.25. The summed E-state index contributed by atoms with van der Waals surface area (Å²) < 4.78 is 11.6. The number of benzene rings is 2. The van der Waals surface area contributed by atoms with Gasteiger partial charge in [0.15, 0.2) is 0 Å². The summed E-state index contributed by atoms with van der Waals surface area (Å²) >= 11 is 0. The van der Waals surface area contributed by atoms with E-state index in [0.717, 1.165) is 25.7 Å². The van der Waals surface area contributed by atoms with Gasteiger partial charge < -0.3 is 14.6 Å². The third-order valence-electron chi connectivity index (χ3n) is 7.16. The third-order valence-corrected chi connectivity index (χ3v) is 7.16. The van der Waals surface area contributed by atoms with E-state index in [9.17, 15) is 9.90 Å². The molecule has 2 rings (SSSR count).